The molecule has 0 saturated carbocycles. The van der Waals surface area contributed by atoms with Gasteiger partial charge in [0.05, 0.1) is 0 Å². The molecular formula is C19H18. The van der Waals surface area contributed by atoms with Gasteiger partial charge in [-0.2, -0.15) is 0 Å². The Morgan fingerprint density at radius 2 is 1.74 bits per heavy atom. The maximum Gasteiger partial charge on any atom is 0.0290 e. The lowest BCUT2D eigenvalue weighted by Gasteiger charge is -2.05. The van der Waals surface area contributed by atoms with E-state index in [4.69, 9.17) is 0 Å². The minimum Gasteiger partial charge on any atom is -0.0832 e. The van der Waals surface area contributed by atoms with Crippen molar-refractivity contribution in [1.82, 2.24) is 0 Å². The first-order valence-corrected chi connectivity index (χ1v) is 6.53. The van der Waals surface area contributed by atoms with Crippen molar-refractivity contribution in [2.24, 2.45) is 5.41 Å². The number of rotatable bonds is 0. The van der Waals surface area contributed by atoms with Crippen LogP contribution >= 0.6 is 0 Å². The molecule has 2 aliphatic carbocycles. The zero-order valence-corrected chi connectivity index (χ0v) is 11.7. The highest BCUT2D eigenvalue weighted by Crippen LogP contribution is 2.25. The molecule has 94 valence electrons. The van der Waals surface area contributed by atoms with Crippen LogP contribution in [0.5, 0.6) is 0 Å². The topological polar surface area (TPSA) is 0 Å². The van der Waals surface area contributed by atoms with Gasteiger partial charge in [0, 0.05) is 11.0 Å². The van der Waals surface area contributed by atoms with E-state index in [0.29, 0.717) is 0 Å². The van der Waals surface area contributed by atoms with Crippen molar-refractivity contribution in [3.05, 3.63) is 59.3 Å². The highest BCUT2D eigenvalue weighted by atomic mass is 14.1. The summed E-state index contributed by atoms with van der Waals surface area (Å²) < 4.78 is 0. The molecule has 0 nitrogen and oxygen atoms in total. The zero-order valence-electron chi connectivity index (χ0n) is 11.7. The summed E-state index contributed by atoms with van der Waals surface area (Å²) in [6.45, 7) is 6.26. The molecule has 19 heavy (non-hydrogen) atoms. The van der Waals surface area contributed by atoms with Gasteiger partial charge >= 0.3 is 0 Å². The van der Waals surface area contributed by atoms with Crippen LogP contribution in [0, 0.1) is 29.1 Å². The van der Waals surface area contributed by atoms with Gasteiger partial charge in [-0.25, -0.2) is 0 Å². The van der Waals surface area contributed by atoms with Crippen LogP contribution in [0.4, 0.5) is 0 Å². The third kappa shape index (κ3) is 4.20. The maximum absolute atomic E-state index is 3.17. The molecule has 0 radical (unpaired) electrons. The first kappa shape index (κ1) is 13.3. The van der Waals surface area contributed by atoms with Gasteiger partial charge in [-0.15, -0.1) is 0 Å². The quantitative estimate of drug-likeness (QED) is 0.557. The molecule has 0 aliphatic heterocycles. The summed E-state index contributed by atoms with van der Waals surface area (Å²) in [6.07, 6.45) is 15.6. The van der Waals surface area contributed by atoms with Gasteiger partial charge in [0.25, 0.3) is 0 Å². The molecule has 0 fully saturated rings. The summed E-state index contributed by atoms with van der Waals surface area (Å²) in [4.78, 5) is 0. The van der Waals surface area contributed by atoms with Gasteiger partial charge in [0.1, 0.15) is 0 Å². The SMILES string of the molecule is CC(C)(C)C#CC#CC1=CC=CC2=CC=CC=C1C2. The average Bonchev–Trinajstić information content (AvgIpc) is 2.67. The molecule has 2 aliphatic rings. The van der Waals surface area contributed by atoms with Gasteiger partial charge in [-0.05, 0) is 56.3 Å². The third-order valence-corrected chi connectivity index (χ3v) is 2.73. The van der Waals surface area contributed by atoms with E-state index >= 15 is 0 Å². The fourth-order valence-electron chi connectivity index (χ4n) is 1.80. The largest absolute Gasteiger partial charge is 0.0832 e. The Labute approximate surface area is 116 Å². The standard InChI is InChI=1S/C19H18/c1-19(2,3)14-7-6-11-17-13-8-10-16-9-4-5-12-18(17)15-16/h4-5,8-10,12-13H,15H2,1-3H3. The second kappa shape index (κ2) is 5.64. The molecule has 0 heteroatoms. The van der Waals surface area contributed by atoms with E-state index in [1.807, 2.05) is 0 Å². The van der Waals surface area contributed by atoms with E-state index in [-0.39, 0.29) is 5.41 Å². The Morgan fingerprint density at radius 1 is 0.947 bits per heavy atom. The van der Waals surface area contributed by atoms with E-state index in [1.54, 1.807) is 0 Å². The van der Waals surface area contributed by atoms with Gasteiger partial charge in [-0.3, -0.25) is 0 Å². The lowest BCUT2D eigenvalue weighted by Crippen LogP contribution is -1.98. The lowest BCUT2D eigenvalue weighted by atomic mass is 9.98. The number of fused-ring (bicyclic) bond motifs is 2. The molecule has 0 heterocycles. The summed E-state index contributed by atoms with van der Waals surface area (Å²) in [6, 6.07) is 0. The smallest absolute Gasteiger partial charge is 0.0290 e. The van der Waals surface area contributed by atoms with Crippen LogP contribution in [-0.4, -0.2) is 0 Å². The van der Waals surface area contributed by atoms with Crippen molar-refractivity contribution < 1.29 is 0 Å². The van der Waals surface area contributed by atoms with E-state index in [2.05, 4.69) is 87.0 Å². The fraction of sp³-hybridized carbons (Fsp3) is 0.263. The Bertz CT molecular complexity index is 630. The fourth-order valence-corrected chi connectivity index (χ4v) is 1.80. The Balaban J connectivity index is 2.24. The normalized spacial score (nSPS) is 16.7. The summed E-state index contributed by atoms with van der Waals surface area (Å²) in [5, 5.41) is 0. The molecule has 0 saturated heterocycles. The molecule has 0 amide bonds. The molecule has 2 bridgehead atoms. The van der Waals surface area contributed by atoms with Gasteiger partial charge in [0.2, 0.25) is 0 Å². The Morgan fingerprint density at radius 3 is 2.53 bits per heavy atom. The van der Waals surface area contributed by atoms with E-state index in [0.717, 1.165) is 12.0 Å². The van der Waals surface area contributed by atoms with Crippen molar-refractivity contribution in [2.75, 3.05) is 0 Å². The third-order valence-electron chi connectivity index (χ3n) is 2.73. The number of hydrogen-bond donors (Lipinski definition) is 0. The van der Waals surface area contributed by atoms with Gasteiger partial charge < -0.3 is 0 Å². The lowest BCUT2D eigenvalue weighted by molar-refractivity contribution is 0.571. The molecule has 0 aromatic heterocycles. The van der Waals surface area contributed by atoms with Crippen molar-refractivity contribution in [2.45, 2.75) is 27.2 Å². The Kier molecular flexibility index (Phi) is 3.94. The van der Waals surface area contributed by atoms with Crippen LogP contribution in [0.25, 0.3) is 0 Å². The average molecular weight is 246 g/mol. The molecule has 0 atom stereocenters. The van der Waals surface area contributed by atoms with Crippen LogP contribution < -0.4 is 0 Å². The molecule has 0 spiro atoms. The van der Waals surface area contributed by atoms with Crippen LogP contribution in [-0.2, 0) is 0 Å². The van der Waals surface area contributed by atoms with Crippen LogP contribution in [0.15, 0.2) is 59.3 Å². The highest BCUT2D eigenvalue weighted by Gasteiger charge is 2.08. The minimum absolute atomic E-state index is 0.00660. The first-order chi connectivity index (χ1) is 9.04. The molecule has 0 aromatic rings. The number of hydrogen-bond acceptors (Lipinski definition) is 0. The monoisotopic (exact) mass is 246 g/mol. The zero-order chi connectivity index (χ0) is 13.7. The molecule has 0 unspecified atom stereocenters. The predicted octanol–water partition coefficient (Wildman–Crippen LogP) is 4.35. The van der Waals surface area contributed by atoms with Crippen LogP contribution in [0.3, 0.4) is 0 Å². The van der Waals surface area contributed by atoms with Crippen LogP contribution in [0.2, 0.25) is 0 Å². The summed E-state index contributed by atoms with van der Waals surface area (Å²) in [5.74, 6) is 12.2. The maximum atomic E-state index is 3.17. The molecule has 2 rings (SSSR count). The second-order valence-electron chi connectivity index (χ2n) is 5.68. The first-order valence-electron chi connectivity index (χ1n) is 6.53. The Hall–Kier alpha value is -2.18. The molecular weight excluding hydrogens is 228 g/mol. The molecule has 0 aromatic carbocycles. The van der Waals surface area contributed by atoms with E-state index in [1.165, 1.54) is 11.1 Å². The number of allylic oxidation sites excluding steroid dienone is 10. The summed E-state index contributed by atoms with van der Waals surface area (Å²) in [5.41, 5.74) is 3.64. The second-order valence-corrected chi connectivity index (χ2v) is 5.68. The predicted molar refractivity (Wildman–Crippen MR) is 82.2 cm³/mol. The molecule has 0 N–H and O–H groups in total. The van der Waals surface area contributed by atoms with Crippen LogP contribution in [0.1, 0.15) is 27.2 Å². The van der Waals surface area contributed by atoms with E-state index in [9.17, 15) is 0 Å². The highest BCUT2D eigenvalue weighted by molar-refractivity contribution is 5.56. The van der Waals surface area contributed by atoms with Crippen molar-refractivity contribution >= 4 is 0 Å². The van der Waals surface area contributed by atoms with E-state index < -0.39 is 0 Å². The van der Waals surface area contributed by atoms with Gasteiger partial charge in [-0.1, -0.05) is 48.3 Å². The van der Waals surface area contributed by atoms with Crippen molar-refractivity contribution in [3.63, 3.8) is 0 Å². The minimum atomic E-state index is 0.00660. The summed E-state index contributed by atoms with van der Waals surface area (Å²) in [7, 11) is 0. The van der Waals surface area contributed by atoms with Gasteiger partial charge in [0.15, 0.2) is 0 Å². The van der Waals surface area contributed by atoms with Crippen molar-refractivity contribution in [1.29, 1.82) is 0 Å². The van der Waals surface area contributed by atoms with Crippen molar-refractivity contribution in [3.8, 4) is 23.7 Å². The summed E-state index contributed by atoms with van der Waals surface area (Å²) >= 11 is 0.